The van der Waals surface area contributed by atoms with E-state index in [1.807, 2.05) is 18.2 Å². The van der Waals surface area contributed by atoms with Gasteiger partial charge in [-0.05, 0) is 24.6 Å². The number of nitrogens with one attached hydrogen (secondary N) is 1. The first-order valence-electron chi connectivity index (χ1n) is 4.98. The van der Waals surface area contributed by atoms with E-state index >= 15 is 0 Å². The van der Waals surface area contributed by atoms with Gasteiger partial charge in [0.15, 0.2) is 0 Å². The van der Waals surface area contributed by atoms with E-state index in [4.69, 9.17) is 29.6 Å². The summed E-state index contributed by atoms with van der Waals surface area (Å²) < 4.78 is 0. The molecule has 0 aliphatic rings. The van der Waals surface area contributed by atoms with Crippen molar-refractivity contribution < 1.29 is 0 Å². The molecule has 0 atom stereocenters. The molecule has 0 unspecified atom stereocenters. The highest BCUT2D eigenvalue weighted by Crippen LogP contribution is 2.20. The van der Waals surface area contributed by atoms with Crippen molar-refractivity contribution in [2.45, 2.75) is 19.8 Å². The maximum absolute atomic E-state index is 6.03. The summed E-state index contributed by atoms with van der Waals surface area (Å²) in [4.78, 5) is 0.333. The highest BCUT2D eigenvalue weighted by Gasteiger charge is 2.03. The van der Waals surface area contributed by atoms with E-state index < -0.39 is 0 Å². The number of benzene rings is 1. The summed E-state index contributed by atoms with van der Waals surface area (Å²) in [5.74, 6) is 0. The molecule has 82 valence electrons. The van der Waals surface area contributed by atoms with Crippen LogP contribution in [-0.4, -0.2) is 11.5 Å². The van der Waals surface area contributed by atoms with Crippen LogP contribution >= 0.6 is 23.8 Å². The molecule has 3 N–H and O–H groups in total. The fourth-order valence-corrected chi connectivity index (χ4v) is 1.75. The Morgan fingerprint density at radius 2 is 2.27 bits per heavy atom. The first kappa shape index (κ1) is 12.3. The molecule has 0 fully saturated rings. The third-order valence-electron chi connectivity index (χ3n) is 2.09. The summed E-state index contributed by atoms with van der Waals surface area (Å²) in [7, 11) is 0. The fourth-order valence-electron chi connectivity index (χ4n) is 1.23. The molecule has 0 heterocycles. The average Bonchev–Trinajstić information content (AvgIpc) is 2.17. The molecule has 1 rings (SSSR count). The molecular formula is C11H15ClN2S. The van der Waals surface area contributed by atoms with Gasteiger partial charge in [-0.2, -0.15) is 0 Å². The summed E-state index contributed by atoms with van der Waals surface area (Å²) in [5.41, 5.74) is 7.25. The van der Waals surface area contributed by atoms with Gasteiger partial charge in [0.25, 0.3) is 0 Å². The zero-order valence-corrected chi connectivity index (χ0v) is 10.3. The zero-order valence-electron chi connectivity index (χ0n) is 8.72. The Bertz CT molecular complexity index is 352. The summed E-state index contributed by atoms with van der Waals surface area (Å²) in [6.07, 6.45) is 2.32. The van der Waals surface area contributed by atoms with Crippen LogP contribution in [-0.2, 0) is 0 Å². The van der Waals surface area contributed by atoms with E-state index in [1.54, 1.807) is 0 Å². The number of anilines is 1. The third kappa shape index (κ3) is 3.68. The van der Waals surface area contributed by atoms with Crippen LogP contribution in [0.5, 0.6) is 0 Å². The number of nitrogens with two attached hydrogens (primary N) is 1. The van der Waals surface area contributed by atoms with Gasteiger partial charge in [0.2, 0.25) is 0 Å². The van der Waals surface area contributed by atoms with Crippen LogP contribution in [0.25, 0.3) is 0 Å². The van der Waals surface area contributed by atoms with Gasteiger partial charge >= 0.3 is 0 Å². The maximum atomic E-state index is 6.03. The second-order valence-corrected chi connectivity index (χ2v) is 4.19. The molecular weight excluding hydrogens is 228 g/mol. The molecule has 0 aromatic heterocycles. The predicted octanol–water partition coefficient (Wildman–Crippen LogP) is 3.19. The number of thiocarbonyl (C=S) groups is 1. The van der Waals surface area contributed by atoms with E-state index in [9.17, 15) is 0 Å². The van der Waals surface area contributed by atoms with Crippen LogP contribution < -0.4 is 11.1 Å². The predicted molar refractivity (Wildman–Crippen MR) is 70.7 cm³/mol. The molecule has 0 saturated carbocycles. The quantitative estimate of drug-likeness (QED) is 0.615. The lowest BCUT2D eigenvalue weighted by molar-refractivity contribution is 0.834. The van der Waals surface area contributed by atoms with Gasteiger partial charge in [0, 0.05) is 17.8 Å². The van der Waals surface area contributed by atoms with E-state index in [0.29, 0.717) is 10.0 Å². The van der Waals surface area contributed by atoms with Crippen LogP contribution in [0, 0.1) is 0 Å². The molecule has 0 spiro atoms. The summed E-state index contributed by atoms with van der Waals surface area (Å²) in [5, 5.41) is 3.88. The minimum absolute atomic E-state index is 0.333. The standard InChI is InChI=1S/C11H15ClN2S/c1-2-3-6-14-8-4-5-9(11(13)15)10(12)7-8/h4-5,7,14H,2-3,6H2,1H3,(H2,13,15). The second-order valence-electron chi connectivity index (χ2n) is 3.34. The highest BCUT2D eigenvalue weighted by atomic mass is 35.5. The van der Waals surface area contributed by atoms with Crippen LogP contribution in [0.2, 0.25) is 5.02 Å². The molecule has 0 aliphatic heterocycles. The first-order chi connectivity index (χ1) is 7.15. The molecule has 1 aromatic rings. The van der Waals surface area contributed by atoms with Crippen molar-refractivity contribution in [3.8, 4) is 0 Å². The Hall–Kier alpha value is -0.800. The number of hydrogen-bond donors (Lipinski definition) is 2. The minimum atomic E-state index is 0.333. The largest absolute Gasteiger partial charge is 0.389 e. The van der Waals surface area contributed by atoms with E-state index in [2.05, 4.69) is 12.2 Å². The van der Waals surface area contributed by atoms with Gasteiger partial charge in [-0.3, -0.25) is 0 Å². The topological polar surface area (TPSA) is 38.0 Å². The second kappa shape index (κ2) is 5.93. The molecule has 0 saturated heterocycles. The van der Waals surface area contributed by atoms with Gasteiger partial charge in [0.1, 0.15) is 4.99 Å². The molecule has 2 nitrogen and oxygen atoms in total. The van der Waals surface area contributed by atoms with Gasteiger partial charge in [-0.25, -0.2) is 0 Å². The molecule has 0 amide bonds. The van der Waals surface area contributed by atoms with Crippen molar-refractivity contribution in [3.63, 3.8) is 0 Å². The zero-order chi connectivity index (χ0) is 11.3. The number of unbranched alkanes of at least 4 members (excludes halogenated alkanes) is 1. The number of halogens is 1. The summed E-state index contributed by atoms with van der Waals surface area (Å²) in [6.45, 7) is 3.11. The minimum Gasteiger partial charge on any atom is -0.389 e. The SMILES string of the molecule is CCCCNc1ccc(C(N)=S)c(Cl)c1. The Labute approximate surface area is 101 Å². The number of rotatable bonds is 5. The van der Waals surface area contributed by atoms with Crippen molar-refractivity contribution in [1.29, 1.82) is 0 Å². The van der Waals surface area contributed by atoms with Crippen LogP contribution in [0.4, 0.5) is 5.69 Å². The van der Waals surface area contributed by atoms with Gasteiger partial charge in [-0.15, -0.1) is 0 Å². The Morgan fingerprint density at radius 3 is 2.80 bits per heavy atom. The van der Waals surface area contributed by atoms with Gasteiger partial charge < -0.3 is 11.1 Å². The summed E-state index contributed by atoms with van der Waals surface area (Å²) in [6, 6.07) is 5.64. The molecule has 1 aromatic carbocycles. The van der Waals surface area contributed by atoms with E-state index in [-0.39, 0.29) is 0 Å². The van der Waals surface area contributed by atoms with Crippen molar-refractivity contribution in [1.82, 2.24) is 0 Å². The average molecular weight is 243 g/mol. The van der Waals surface area contributed by atoms with Crippen molar-refractivity contribution in [2.24, 2.45) is 5.73 Å². The third-order valence-corrected chi connectivity index (χ3v) is 2.63. The summed E-state index contributed by atoms with van der Waals surface area (Å²) >= 11 is 10.9. The highest BCUT2D eigenvalue weighted by molar-refractivity contribution is 7.80. The van der Waals surface area contributed by atoms with Crippen molar-refractivity contribution in [3.05, 3.63) is 28.8 Å². The smallest absolute Gasteiger partial charge is 0.105 e. The molecule has 0 aliphatic carbocycles. The van der Waals surface area contributed by atoms with Crippen LogP contribution in [0.15, 0.2) is 18.2 Å². The Kier molecular flexibility index (Phi) is 4.85. The van der Waals surface area contributed by atoms with E-state index in [0.717, 1.165) is 24.2 Å². The normalized spacial score (nSPS) is 10.0. The van der Waals surface area contributed by atoms with Crippen LogP contribution in [0.1, 0.15) is 25.3 Å². The molecule has 15 heavy (non-hydrogen) atoms. The fraction of sp³-hybridized carbons (Fsp3) is 0.364. The lowest BCUT2D eigenvalue weighted by atomic mass is 10.2. The monoisotopic (exact) mass is 242 g/mol. The first-order valence-corrected chi connectivity index (χ1v) is 5.77. The Balaban J connectivity index is 2.69. The van der Waals surface area contributed by atoms with Gasteiger partial charge in [-0.1, -0.05) is 37.2 Å². The maximum Gasteiger partial charge on any atom is 0.105 e. The Morgan fingerprint density at radius 1 is 1.53 bits per heavy atom. The molecule has 0 radical (unpaired) electrons. The lowest BCUT2D eigenvalue weighted by Crippen LogP contribution is -2.10. The molecule has 0 bridgehead atoms. The van der Waals surface area contributed by atoms with Crippen molar-refractivity contribution in [2.75, 3.05) is 11.9 Å². The lowest BCUT2D eigenvalue weighted by Gasteiger charge is -2.08. The number of hydrogen-bond acceptors (Lipinski definition) is 2. The van der Waals surface area contributed by atoms with Crippen LogP contribution in [0.3, 0.4) is 0 Å². The van der Waals surface area contributed by atoms with Crippen molar-refractivity contribution >= 4 is 34.5 Å². The molecule has 4 heteroatoms. The van der Waals surface area contributed by atoms with E-state index in [1.165, 1.54) is 6.42 Å². The van der Waals surface area contributed by atoms with Gasteiger partial charge in [0.05, 0.1) is 5.02 Å².